The van der Waals surface area contributed by atoms with Crippen molar-refractivity contribution in [3.05, 3.63) is 0 Å². The van der Waals surface area contributed by atoms with E-state index in [-0.39, 0.29) is 61.9 Å². The van der Waals surface area contributed by atoms with Gasteiger partial charge >= 0.3 is 23.9 Å². The van der Waals surface area contributed by atoms with Gasteiger partial charge in [0.2, 0.25) is 0 Å². The molecule has 0 fully saturated rings. The number of hydrogen-bond acceptors (Lipinski definition) is 0. The zero-order valence-electron chi connectivity index (χ0n) is 1.51. The summed E-state index contributed by atoms with van der Waals surface area (Å²) in [6.07, 6.45) is 0. The van der Waals surface area contributed by atoms with Crippen molar-refractivity contribution in [2.75, 3.05) is 0 Å². The van der Waals surface area contributed by atoms with Crippen molar-refractivity contribution >= 4 is 37.4 Å². The van der Waals surface area contributed by atoms with Gasteiger partial charge in [-0.25, -0.2) is 0 Å². The molecule has 33 valence electrons. The third-order valence-electron chi connectivity index (χ3n) is 0. The van der Waals surface area contributed by atoms with Crippen LogP contribution in [0, 0.1) is 0 Å². The average Bonchev–Trinajstić information content (AvgIpc) is 0. The van der Waals surface area contributed by atoms with Gasteiger partial charge < -0.3 is 0 Å². The van der Waals surface area contributed by atoms with Crippen LogP contribution in [-0.2, 0) is 17.1 Å². The van der Waals surface area contributed by atoms with Gasteiger partial charge in [-0.1, -0.05) is 7.43 Å². The maximum absolute atomic E-state index is 0. The summed E-state index contributed by atoms with van der Waals surface area (Å²) in [5.41, 5.74) is 0. The summed E-state index contributed by atoms with van der Waals surface area (Å²) < 4.78 is 0. The van der Waals surface area contributed by atoms with Crippen LogP contribution in [0.4, 0.5) is 0 Å². The molecule has 4 heavy (non-hydrogen) atoms. The molecule has 0 heterocycles. The normalized spacial score (nSPS) is 0. The second-order valence-electron chi connectivity index (χ2n) is 0. The number of hydrogen-bond donors (Lipinski definition) is 0. The Balaban J connectivity index is 0. The van der Waals surface area contributed by atoms with Gasteiger partial charge in [-0.2, -0.15) is 13.5 Å². The molecule has 0 aromatic rings. The fourth-order valence-corrected chi connectivity index (χ4v) is 0. The maximum atomic E-state index is 0. The van der Waals surface area contributed by atoms with Gasteiger partial charge in [-0.3, -0.25) is 0 Å². The molecule has 0 N–H and O–H groups in total. The predicted octanol–water partition coefficient (Wildman–Crippen LogP) is -0.170. The van der Waals surface area contributed by atoms with Gasteiger partial charge in [0.15, 0.2) is 0 Å². The van der Waals surface area contributed by atoms with E-state index in [1.165, 1.54) is 0 Å². The fourth-order valence-electron chi connectivity index (χ4n) is 0. The molecule has 0 saturated heterocycles. The Kier molecular flexibility index (Phi) is 250. The average molecular weight is 234 g/mol. The van der Waals surface area contributed by atoms with Gasteiger partial charge in [0.1, 0.15) is 0 Å². The van der Waals surface area contributed by atoms with Crippen LogP contribution in [0.5, 0.6) is 0 Å². The Bertz CT molecular complexity index is 8.00. The van der Waals surface area contributed by atoms with Crippen LogP contribution < -0.4 is 0 Å². The van der Waals surface area contributed by atoms with E-state index in [1.54, 1.807) is 0 Å². The molecule has 0 aromatic heterocycles. The summed E-state index contributed by atoms with van der Waals surface area (Å²) >= 11 is 0. The zero-order valence-corrected chi connectivity index (χ0v) is 7.49. The Morgan fingerprint density at radius 3 is 1.00 bits per heavy atom. The van der Waals surface area contributed by atoms with Gasteiger partial charge in [0.05, 0.1) is 0 Å². The quantitative estimate of drug-likeness (QED) is 0.511. The molecule has 3 heteroatoms. The SMILES string of the molecule is C.S.[Cu].[SnH2]. The first kappa shape index (κ1) is 44.4. The van der Waals surface area contributed by atoms with Crippen LogP contribution in [0.1, 0.15) is 7.43 Å². The minimum atomic E-state index is 0. The molecule has 0 nitrogen and oxygen atoms in total. The van der Waals surface area contributed by atoms with Crippen LogP contribution in [0.15, 0.2) is 0 Å². The molecule has 0 atom stereocenters. The summed E-state index contributed by atoms with van der Waals surface area (Å²) in [6, 6.07) is 0. The first-order valence-corrected chi connectivity index (χ1v) is 0. The second-order valence-corrected chi connectivity index (χ2v) is 0. The molecule has 0 saturated carbocycles. The second kappa shape index (κ2) is 22.6. The summed E-state index contributed by atoms with van der Waals surface area (Å²) in [5, 5.41) is 0. The summed E-state index contributed by atoms with van der Waals surface area (Å²) in [4.78, 5) is 0. The van der Waals surface area contributed by atoms with Crippen molar-refractivity contribution in [1.82, 2.24) is 0 Å². The topological polar surface area (TPSA) is 0 Å². The van der Waals surface area contributed by atoms with E-state index < -0.39 is 0 Å². The van der Waals surface area contributed by atoms with E-state index in [4.69, 9.17) is 0 Å². The standard InChI is InChI=1S/CH4.Cu.H2S.Sn.2H/h1H4;;1H2;;;. The molecule has 0 aromatic carbocycles. The van der Waals surface area contributed by atoms with Crippen LogP contribution in [-0.4, -0.2) is 23.9 Å². The molecular formula is CH8CuSSn. The van der Waals surface area contributed by atoms with E-state index in [0.717, 1.165) is 0 Å². The molecule has 0 unspecified atom stereocenters. The summed E-state index contributed by atoms with van der Waals surface area (Å²) in [6.45, 7) is 0. The van der Waals surface area contributed by atoms with E-state index in [1.807, 2.05) is 0 Å². The molecule has 0 rings (SSSR count). The van der Waals surface area contributed by atoms with Crippen molar-refractivity contribution in [2.24, 2.45) is 0 Å². The Hall–Kier alpha value is 1.67. The fraction of sp³-hybridized carbons (Fsp3) is 1.00. The Morgan fingerprint density at radius 1 is 1.00 bits per heavy atom. The van der Waals surface area contributed by atoms with Crippen molar-refractivity contribution < 1.29 is 17.1 Å². The molecule has 0 bridgehead atoms. The van der Waals surface area contributed by atoms with E-state index in [2.05, 4.69) is 0 Å². The summed E-state index contributed by atoms with van der Waals surface area (Å²) in [7, 11) is 0. The monoisotopic (exact) mass is 235 g/mol. The first-order valence-electron chi connectivity index (χ1n) is 0. The van der Waals surface area contributed by atoms with Crippen molar-refractivity contribution in [1.29, 1.82) is 0 Å². The Morgan fingerprint density at radius 2 is 1.00 bits per heavy atom. The van der Waals surface area contributed by atoms with Gasteiger partial charge in [0, 0.05) is 17.1 Å². The van der Waals surface area contributed by atoms with E-state index in [0.29, 0.717) is 0 Å². The van der Waals surface area contributed by atoms with E-state index in [9.17, 15) is 0 Å². The van der Waals surface area contributed by atoms with Gasteiger partial charge in [0.25, 0.3) is 0 Å². The third-order valence-corrected chi connectivity index (χ3v) is 0. The molecule has 3 radical (unpaired) electrons. The Labute approximate surface area is 61.6 Å². The summed E-state index contributed by atoms with van der Waals surface area (Å²) in [5.74, 6) is 0. The molecule has 0 aliphatic carbocycles. The molecular weight excluding hydrogens is 226 g/mol. The number of rotatable bonds is 0. The van der Waals surface area contributed by atoms with Gasteiger partial charge in [-0.15, -0.1) is 0 Å². The van der Waals surface area contributed by atoms with Crippen LogP contribution in [0.25, 0.3) is 0 Å². The molecule has 0 aliphatic rings. The van der Waals surface area contributed by atoms with Crippen molar-refractivity contribution in [3.8, 4) is 0 Å². The van der Waals surface area contributed by atoms with Crippen molar-refractivity contribution in [3.63, 3.8) is 0 Å². The van der Waals surface area contributed by atoms with Crippen LogP contribution in [0.2, 0.25) is 0 Å². The third kappa shape index (κ3) is 9.38. The van der Waals surface area contributed by atoms with Gasteiger partial charge in [-0.05, 0) is 0 Å². The zero-order chi connectivity index (χ0) is 0. The van der Waals surface area contributed by atoms with E-state index >= 15 is 0 Å². The predicted molar refractivity (Wildman–Crippen MR) is 25.7 cm³/mol. The van der Waals surface area contributed by atoms with Crippen molar-refractivity contribution in [2.45, 2.75) is 7.43 Å². The molecule has 0 aliphatic heterocycles. The van der Waals surface area contributed by atoms with Crippen LogP contribution in [0.3, 0.4) is 0 Å². The minimum absolute atomic E-state index is 0. The first-order chi connectivity index (χ1) is 0. The van der Waals surface area contributed by atoms with Crippen LogP contribution >= 0.6 is 13.5 Å². The molecule has 0 amide bonds. The molecule has 0 spiro atoms.